The molecule has 0 aliphatic rings. The minimum atomic E-state index is -0.772. The van der Waals surface area contributed by atoms with Gasteiger partial charge >= 0.3 is 5.76 Å². The number of carbonyl (C=O) groups excluding carboxylic acids is 2. The van der Waals surface area contributed by atoms with E-state index in [2.05, 4.69) is 15.6 Å². The summed E-state index contributed by atoms with van der Waals surface area (Å²) in [4.78, 5) is 37.5. The van der Waals surface area contributed by atoms with Gasteiger partial charge in [-0.15, -0.1) is 0 Å². The molecule has 1 unspecified atom stereocenters. The number of rotatable bonds is 4. The quantitative estimate of drug-likeness (QED) is 0.674. The topological polar surface area (TPSA) is 117 Å². The highest BCUT2D eigenvalue weighted by molar-refractivity contribution is 6.00. The number of oxazole rings is 1. The van der Waals surface area contributed by atoms with Crippen LogP contribution < -0.4 is 16.4 Å². The molecule has 0 aliphatic heterocycles. The van der Waals surface area contributed by atoms with Gasteiger partial charge in [0.1, 0.15) is 6.04 Å². The molecule has 0 aliphatic carbocycles. The van der Waals surface area contributed by atoms with E-state index < -0.39 is 23.6 Å². The number of hydrogen-bond acceptors (Lipinski definition) is 5. The van der Waals surface area contributed by atoms with Crippen LogP contribution in [-0.4, -0.2) is 22.8 Å². The molecule has 0 spiro atoms. The number of aromatic amines is 1. The zero-order chi connectivity index (χ0) is 16.4. The average Bonchev–Trinajstić information content (AvgIpc) is 3.14. The third-order valence-electron chi connectivity index (χ3n) is 3.17. The summed E-state index contributed by atoms with van der Waals surface area (Å²) in [6.07, 6.45) is 1.38. The molecular weight excluding hydrogens is 302 g/mol. The molecule has 1 atom stereocenters. The molecule has 0 fully saturated rings. The lowest BCUT2D eigenvalue weighted by Crippen LogP contribution is -2.41. The fourth-order valence-electron chi connectivity index (χ4n) is 2.02. The number of amides is 2. The summed E-state index contributed by atoms with van der Waals surface area (Å²) in [6.45, 7) is 1.55. The number of H-pyrrole nitrogens is 1. The van der Waals surface area contributed by atoms with Gasteiger partial charge in [0.05, 0.1) is 11.8 Å². The summed E-state index contributed by atoms with van der Waals surface area (Å²) < 4.78 is 9.83. The van der Waals surface area contributed by atoms with Crippen LogP contribution in [-0.2, 0) is 4.79 Å². The van der Waals surface area contributed by atoms with Crippen LogP contribution >= 0.6 is 0 Å². The van der Waals surface area contributed by atoms with E-state index in [0.717, 1.165) is 0 Å². The predicted molar refractivity (Wildman–Crippen MR) is 81.1 cm³/mol. The van der Waals surface area contributed by atoms with Gasteiger partial charge in [-0.3, -0.25) is 14.6 Å². The Labute approximate surface area is 129 Å². The number of aromatic nitrogens is 1. The fourth-order valence-corrected chi connectivity index (χ4v) is 2.02. The van der Waals surface area contributed by atoms with Crippen molar-refractivity contribution in [1.82, 2.24) is 10.3 Å². The Bertz CT molecular complexity index is 907. The standard InChI is InChI=1S/C15H13N3O5/c1-8(16-14(20)12-3-2-6-22-12)13(19)17-9-4-5-11-10(7-9)18-15(21)23-11/h2-8H,1H3,(H,16,20)(H,17,19)(H,18,21). The second-order valence-electron chi connectivity index (χ2n) is 4.89. The smallest absolute Gasteiger partial charge is 0.417 e. The zero-order valence-corrected chi connectivity index (χ0v) is 12.1. The summed E-state index contributed by atoms with van der Waals surface area (Å²) in [7, 11) is 0. The summed E-state index contributed by atoms with van der Waals surface area (Å²) in [5.41, 5.74) is 1.34. The number of anilines is 1. The van der Waals surface area contributed by atoms with Gasteiger partial charge in [0.15, 0.2) is 11.3 Å². The summed E-state index contributed by atoms with van der Waals surface area (Å²) >= 11 is 0. The Kier molecular flexibility index (Phi) is 3.71. The second kappa shape index (κ2) is 5.84. The van der Waals surface area contributed by atoms with Crippen molar-refractivity contribution in [3.05, 3.63) is 52.9 Å². The van der Waals surface area contributed by atoms with Crippen molar-refractivity contribution >= 4 is 28.6 Å². The average molecular weight is 315 g/mol. The summed E-state index contributed by atoms with van der Waals surface area (Å²) in [6, 6.07) is 7.04. The van der Waals surface area contributed by atoms with Gasteiger partial charge in [-0.1, -0.05) is 0 Å². The van der Waals surface area contributed by atoms with Gasteiger partial charge in [-0.25, -0.2) is 4.79 Å². The molecule has 8 nitrogen and oxygen atoms in total. The van der Waals surface area contributed by atoms with Gasteiger partial charge < -0.3 is 19.5 Å². The van der Waals surface area contributed by atoms with Gasteiger partial charge in [0.25, 0.3) is 5.91 Å². The molecule has 8 heteroatoms. The van der Waals surface area contributed by atoms with Crippen molar-refractivity contribution in [2.24, 2.45) is 0 Å². The van der Waals surface area contributed by atoms with Crippen LogP contribution in [0, 0.1) is 0 Å². The Balaban J connectivity index is 1.67. The molecule has 0 saturated heterocycles. The van der Waals surface area contributed by atoms with Gasteiger partial charge in [-0.2, -0.15) is 0 Å². The molecule has 3 aromatic rings. The normalized spacial score (nSPS) is 12.0. The van der Waals surface area contributed by atoms with Crippen molar-refractivity contribution in [2.45, 2.75) is 13.0 Å². The number of nitrogens with one attached hydrogen (secondary N) is 3. The van der Waals surface area contributed by atoms with E-state index in [1.54, 1.807) is 31.2 Å². The molecular formula is C15H13N3O5. The zero-order valence-electron chi connectivity index (χ0n) is 12.1. The lowest BCUT2D eigenvalue weighted by molar-refractivity contribution is -0.117. The molecule has 0 radical (unpaired) electrons. The third-order valence-corrected chi connectivity index (χ3v) is 3.17. The molecule has 2 amide bonds. The molecule has 0 bridgehead atoms. The van der Waals surface area contributed by atoms with E-state index in [1.165, 1.54) is 12.3 Å². The Morgan fingerprint density at radius 3 is 2.83 bits per heavy atom. The monoisotopic (exact) mass is 315 g/mol. The maximum Gasteiger partial charge on any atom is 0.417 e. The van der Waals surface area contributed by atoms with E-state index in [4.69, 9.17) is 8.83 Å². The highest BCUT2D eigenvalue weighted by Gasteiger charge is 2.18. The van der Waals surface area contributed by atoms with E-state index >= 15 is 0 Å². The number of carbonyl (C=O) groups is 2. The van der Waals surface area contributed by atoms with Crippen LogP contribution in [0.4, 0.5) is 5.69 Å². The van der Waals surface area contributed by atoms with Crippen LogP contribution in [0.3, 0.4) is 0 Å². The van der Waals surface area contributed by atoms with Crippen LogP contribution in [0.25, 0.3) is 11.1 Å². The Morgan fingerprint density at radius 2 is 2.09 bits per heavy atom. The molecule has 0 saturated carbocycles. The number of fused-ring (bicyclic) bond motifs is 1. The van der Waals surface area contributed by atoms with Crippen LogP contribution in [0.5, 0.6) is 0 Å². The number of furan rings is 1. The van der Waals surface area contributed by atoms with Crippen LogP contribution in [0.15, 0.2) is 50.2 Å². The van der Waals surface area contributed by atoms with E-state index in [0.29, 0.717) is 16.8 Å². The largest absolute Gasteiger partial charge is 0.459 e. The van der Waals surface area contributed by atoms with E-state index in [1.807, 2.05) is 0 Å². The maximum absolute atomic E-state index is 12.1. The number of benzene rings is 1. The second-order valence-corrected chi connectivity index (χ2v) is 4.89. The van der Waals surface area contributed by atoms with Crippen molar-refractivity contribution in [3.8, 4) is 0 Å². The molecule has 3 N–H and O–H groups in total. The van der Waals surface area contributed by atoms with Gasteiger partial charge in [0, 0.05) is 5.69 Å². The van der Waals surface area contributed by atoms with Crippen LogP contribution in [0.1, 0.15) is 17.5 Å². The predicted octanol–water partition coefficient (Wildman–Crippen LogP) is 1.47. The van der Waals surface area contributed by atoms with Crippen LogP contribution in [0.2, 0.25) is 0 Å². The maximum atomic E-state index is 12.1. The molecule has 2 aromatic heterocycles. The fraction of sp³-hybridized carbons (Fsp3) is 0.133. The molecule has 118 valence electrons. The summed E-state index contributed by atoms with van der Waals surface area (Å²) in [5.74, 6) is -1.33. The van der Waals surface area contributed by atoms with Crippen molar-refractivity contribution in [1.29, 1.82) is 0 Å². The highest BCUT2D eigenvalue weighted by atomic mass is 16.4. The first kappa shape index (κ1) is 14.6. The first-order valence-corrected chi connectivity index (χ1v) is 6.81. The van der Waals surface area contributed by atoms with Crippen molar-refractivity contribution in [2.75, 3.05) is 5.32 Å². The third kappa shape index (κ3) is 3.15. The Morgan fingerprint density at radius 1 is 1.26 bits per heavy atom. The Hall–Kier alpha value is -3.29. The lowest BCUT2D eigenvalue weighted by atomic mass is 10.2. The van der Waals surface area contributed by atoms with Crippen molar-refractivity contribution in [3.63, 3.8) is 0 Å². The first-order chi connectivity index (χ1) is 11.0. The minimum Gasteiger partial charge on any atom is -0.459 e. The van der Waals surface area contributed by atoms with Gasteiger partial charge in [0.2, 0.25) is 5.91 Å². The van der Waals surface area contributed by atoms with E-state index in [9.17, 15) is 14.4 Å². The van der Waals surface area contributed by atoms with Gasteiger partial charge in [-0.05, 0) is 37.3 Å². The first-order valence-electron chi connectivity index (χ1n) is 6.81. The molecule has 1 aromatic carbocycles. The summed E-state index contributed by atoms with van der Waals surface area (Å²) in [5, 5.41) is 5.17. The number of hydrogen-bond donors (Lipinski definition) is 3. The minimum absolute atomic E-state index is 0.127. The molecule has 3 rings (SSSR count). The molecule has 23 heavy (non-hydrogen) atoms. The van der Waals surface area contributed by atoms with Crippen molar-refractivity contribution < 1.29 is 18.4 Å². The lowest BCUT2D eigenvalue weighted by Gasteiger charge is -2.13. The van der Waals surface area contributed by atoms with E-state index in [-0.39, 0.29) is 5.76 Å². The highest BCUT2D eigenvalue weighted by Crippen LogP contribution is 2.16. The SMILES string of the molecule is CC(NC(=O)c1ccco1)C(=O)Nc1ccc2oc(=O)[nH]c2c1. The molecule has 2 heterocycles.